The number of pyridine rings is 1. The van der Waals surface area contributed by atoms with E-state index in [0.717, 1.165) is 0 Å². The third-order valence-electron chi connectivity index (χ3n) is 1.29. The number of hydrogen-bond acceptors (Lipinski definition) is 3. The van der Waals surface area contributed by atoms with E-state index in [0.29, 0.717) is 12.3 Å². The molecular formula is C7H4FNO4. The SMILES string of the molecule is O=C(O)c1cc(F)cnc1C(=O)O. The van der Waals surface area contributed by atoms with Gasteiger partial charge in [-0.05, 0) is 6.07 Å². The predicted molar refractivity (Wildman–Crippen MR) is 38.1 cm³/mol. The minimum absolute atomic E-state index is 0.610. The molecule has 0 aliphatic heterocycles. The molecule has 0 fully saturated rings. The van der Waals surface area contributed by atoms with E-state index >= 15 is 0 Å². The molecule has 0 radical (unpaired) electrons. The smallest absolute Gasteiger partial charge is 0.355 e. The molecule has 0 spiro atoms. The summed E-state index contributed by atoms with van der Waals surface area (Å²) in [7, 11) is 0. The number of rotatable bonds is 2. The Kier molecular flexibility index (Phi) is 2.23. The summed E-state index contributed by atoms with van der Waals surface area (Å²) in [5.74, 6) is -3.91. The van der Waals surface area contributed by atoms with Gasteiger partial charge in [0.15, 0.2) is 5.69 Å². The lowest BCUT2D eigenvalue weighted by atomic mass is 10.2. The fourth-order valence-corrected chi connectivity index (χ4v) is 0.773. The molecule has 1 heterocycles. The number of aromatic nitrogens is 1. The molecule has 1 aromatic rings. The van der Waals surface area contributed by atoms with Gasteiger partial charge in [0.25, 0.3) is 0 Å². The molecule has 0 atom stereocenters. The Hall–Kier alpha value is -1.98. The van der Waals surface area contributed by atoms with Crippen LogP contribution in [0.5, 0.6) is 0 Å². The van der Waals surface area contributed by atoms with Crippen LogP contribution in [0.15, 0.2) is 12.3 Å². The minimum Gasteiger partial charge on any atom is -0.478 e. The number of nitrogens with zero attached hydrogens (tertiary/aromatic N) is 1. The molecule has 13 heavy (non-hydrogen) atoms. The summed E-state index contributed by atoms with van der Waals surface area (Å²) >= 11 is 0. The highest BCUT2D eigenvalue weighted by Gasteiger charge is 2.17. The molecule has 0 aliphatic rings. The summed E-state index contributed by atoms with van der Waals surface area (Å²) < 4.78 is 12.5. The van der Waals surface area contributed by atoms with E-state index in [1.165, 1.54) is 0 Å². The van der Waals surface area contributed by atoms with Crippen LogP contribution in [0.3, 0.4) is 0 Å². The molecule has 0 aliphatic carbocycles. The van der Waals surface area contributed by atoms with Crippen LogP contribution >= 0.6 is 0 Å². The number of carboxylic acid groups (broad SMARTS) is 2. The Labute approximate surface area is 71.5 Å². The van der Waals surface area contributed by atoms with Gasteiger partial charge in [-0.3, -0.25) is 0 Å². The van der Waals surface area contributed by atoms with Gasteiger partial charge in [-0.2, -0.15) is 0 Å². The average Bonchev–Trinajstić information content (AvgIpc) is 2.03. The van der Waals surface area contributed by atoms with E-state index < -0.39 is 29.0 Å². The largest absolute Gasteiger partial charge is 0.478 e. The lowest BCUT2D eigenvalue weighted by molar-refractivity contribution is 0.0645. The van der Waals surface area contributed by atoms with Crippen molar-refractivity contribution in [3.8, 4) is 0 Å². The van der Waals surface area contributed by atoms with Crippen LogP contribution in [0, 0.1) is 5.82 Å². The van der Waals surface area contributed by atoms with Crippen molar-refractivity contribution >= 4 is 11.9 Å². The summed E-state index contributed by atoms with van der Waals surface area (Å²) in [5, 5.41) is 16.9. The average molecular weight is 185 g/mol. The first-order chi connectivity index (χ1) is 6.02. The van der Waals surface area contributed by atoms with Crippen molar-refractivity contribution in [2.24, 2.45) is 0 Å². The number of halogens is 1. The first-order valence-electron chi connectivity index (χ1n) is 3.14. The highest BCUT2D eigenvalue weighted by Crippen LogP contribution is 2.07. The normalized spacial score (nSPS) is 9.62. The maximum atomic E-state index is 12.5. The topological polar surface area (TPSA) is 87.5 Å². The summed E-state index contributed by atoms with van der Waals surface area (Å²) in [4.78, 5) is 23.9. The van der Waals surface area contributed by atoms with Crippen molar-refractivity contribution in [2.75, 3.05) is 0 Å². The van der Waals surface area contributed by atoms with Crippen LogP contribution in [0.1, 0.15) is 20.8 Å². The quantitative estimate of drug-likeness (QED) is 0.704. The minimum atomic E-state index is -1.52. The van der Waals surface area contributed by atoms with E-state index in [1.807, 2.05) is 0 Å². The third-order valence-corrected chi connectivity index (χ3v) is 1.29. The first kappa shape index (κ1) is 9.11. The van der Waals surface area contributed by atoms with E-state index in [9.17, 15) is 14.0 Å². The number of aromatic carboxylic acids is 2. The Morgan fingerprint density at radius 2 is 1.92 bits per heavy atom. The van der Waals surface area contributed by atoms with Crippen molar-refractivity contribution in [1.29, 1.82) is 0 Å². The van der Waals surface area contributed by atoms with Crippen LogP contribution in [0.2, 0.25) is 0 Å². The van der Waals surface area contributed by atoms with Crippen LogP contribution < -0.4 is 0 Å². The third kappa shape index (κ3) is 1.78. The summed E-state index contributed by atoms with van der Waals surface area (Å²) in [6.07, 6.45) is 0.649. The zero-order valence-electron chi connectivity index (χ0n) is 6.19. The van der Waals surface area contributed by atoms with Crippen molar-refractivity contribution in [3.05, 3.63) is 29.3 Å². The van der Waals surface area contributed by atoms with E-state index in [-0.39, 0.29) is 0 Å². The predicted octanol–water partition coefficient (Wildman–Crippen LogP) is 0.617. The van der Waals surface area contributed by atoms with Crippen LogP contribution in [-0.4, -0.2) is 27.1 Å². The molecule has 68 valence electrons. The lowest BCUT2D eigenvalue weighted by Gasteiger charge is -1.98. The Morgan fingerprint density at radius 1 is 1.31 bits per heavy atom. The zero-order chi connectivity index (χ0) is 10.0. The maximum absolute atomic E-state index is 12.5. The maximum Gasteiger partial charge on any atom is 0.355 e. The number of carbonyl (C=O) groups is 2. The second-order valence-electron chi connectivity index (χ2n) is 2.16. The lowest BCUT2D eigenvalue weighted by Crippen LogP contribution is -2.10. The molecule has 0 saturated heterocycles. The van der Waals surface area contributed by atoms with Crippen LogP contribution in [-0.2, 0) is 0 Å². The van der Waals surface area contributed by atoms with Gasteiger partial charge in [0.05, 0.1) is 11.8 Å². The molecule has 0 aromatic carbocycles. The summed E-state index contributed by atoms with van der Waals surface area (Å²) in [6.45, 7) is 0. The van der Waals surface area contributed by atoms with Gasteiger partial charge >= 0.3 is 11.9 Å². The van der Waals surface area contributed by atoms with Gasteiger partial charge in [0, 0.05) is 0 Å². The molecule has 0 bridgehead atoms. The van der Waals surface area contributed by atoms with E-state index in [4.69, 9.17) is 10.2 Å². The molecule has 2 N–H and O–H groups in total. The fraction of sp³-hybridized carbons (Fsp3) is 0. The first-order valence-corrected chi connectivity index (χ1v) is 3.14. The molecule has 6 heteroatoms. The van der Waals surface area contributed by atoms with Crippen molar-refractivity contribution in [1.82, 2.24) is 4.98 Å². The van der Waals surface area contributed by atoms with E-state index in [1.54, 1.807) is 0 Å². The molecule has 1 aromatic heterocycles. The molecule has 1 rings (SSSR count). The van der Waals surface area contributed by atoms with Crippen molar-refractivity contribution in [2.45, 2.75) is 0 Å². The molecule has 0 saturated carbocycles. The van der Waals surface area contributed by atoms with Gasteiger partial charge in [-0.25, -0.2) is 19.0 Å². The van der Waals surface area contributed by atoms with Gasteiger partial charge in [0.2, 0.25) is 0 Å². The fourth-order valence-electron chi connectivity index (χ4n) is 0.773. The van der Waals surface area contributed by atoms with Crippen LogP contribution in [0.25, 0.3) is 0 Å². The zero-order valence-corrected chi connectivity index (χ0v) is 6.19. The van der Waals surface area contributed by atoms with Gasteiger partial charge in [-0.15, -0.1) is 0 Å². The molecule has 0 amide bonds. The Morgan fingerprint density at radius 3 is 2.38 bits per heavy atom. The monoisotopic (exact) mass is 185 g/mol. The van der Waals surface area contributed by atoms with Gasteiger partial charge < -0.3 is 10.2 Å². The molecule has 5 nitrogen and oxygen atoms in total. The number of carboxylic acids is 2. The van der Waals surface area contributed by atoms with E-state index in [2.05, 4.69) is 4.98 Å². The van der Waals surface area contributed by atoms with Gasteiger partial charge in [-0.1, -0.05) is 0 Å². The van der Waals surface area contributed by atoms with Gasteiger partial charge in [0.1, 0.15) is 5.82 Å². The summed E-state index contributed by atoms with van der Waals surface area (Å²) in [6, 6.07) is 0.610. The highest BCUT2D eigenvalue weighted by atomic mass is 19.1. The Bertz CT molecular complexity index is 377. The Balaban J connectivity index is 3.35. The second kappa shape index (κ2) is 3.18. The second-order valence-corrected chi connectivity index (χ2v) is 2.16. The summed E-state index contributed by atoms with van der Waals surface area (Å²) in [5.41, 5.74) is -1.33. The van der Waals surface area contributed by atoms with Crippen LogP contribution in [0.4, 0.5) is 4.39 Å². The standard InChI is InChI=1S/C7H4FNO4/c8-3-1-4(6(10)11)5(7(12)13)9-2-3/h1-2H,(H,10,11)(H,12,13). The van der Waals surface area contributed by atoms with Crippen molar-refractivity contribution < 1.29 is 24.2 Å². The molecular weight excluding hydrogens is 181 g/mol. The molecule has 0 unspecified atom stereocenters. The van der Waals surface area contributed by atoms with Crippen molar-refractivity contribution in [3.63, 3.8) is 0 Å². The highest BCUT2D eigenvalue weighted by molar-refractivity contribution is 6.00. The number of hydrogen-bond donors (Lipinski definition) is 2.